The highest BCUT2D eigenvalue weighted by molar-refractivity contribution is 5.94. The molecule has 2 heterocycles. The van der Waals surface area contributed by atoms with E-state index in [0.717, 1.165) is 36.9 Å². The first-order valence-corrected chi connectivity index (χ1v) is 10.1. The van der Waals surface area contributed by atoms with Gasteiger partial charge in [-0.1, -0.05) is 6.92 Å². The Morgan fingerprint density at radius 2 is 1.93 bits per heavy atom. The lowest BCUT2D eigenvalue weighted by Gasteiger charge is -2.45. The first-order valence-electron chi connectivity index (χ1n) is 10.1. The molecule has 3 aliphatic rings. The number of nitrogens with zero attached hydrogens (tertiary/aromatic N) is 1. The van der Waals surface area contributed by atoms with Crippen molar-refractivity contribution in [3.05, 3.63) is 23.8 Å². The number of hydrogen-bond acceptors (Lipinski definition) is 4. The van der Waals surface area contributed by atoms with Crippen LogP contribution in [0, 0.1) is 11.8 Å². The number of ether oxygens (including phenoxy) is 2. The third-order valence-electron chi connectivity index (χ3n) is 6.15. The van der Waals surface area contributed by atoms with E-state index in [4.69, 9.17) is 9.47 Å². The topological polar surface area (TPSA) is 88.1 Å². The fourth-order valence-electron chi connectivity index (χ4n) is 4.74. The molecule has 3 atom stereocenters. The predicted molar refractivity (Wildman–Crippen MR) is 104 cm³/mol. The Kier molecular flexibility index (Phi) is 5.19. The van der Waals surface area contributed by atoms with Crippen LogP contribution in [0.25, 0.3) is 0 Å². The number of hydrogen-bond donors (Lipinski definition) is 2. The van der Waals surface area contributed by atoms with Crippen molar-refractivity contribution in [2.24, 2.45) is 11.8 Å². The molecule has 0 bridgehead atoms. The summed E-state index contributed by atoms with van der Waals surface area (Å²) in [5, 5.41) is 12.1. The van der Waals surface area contributed by atoms with Crippen LogP contribution in [0.3, 0.4) is 0 Å². The summed E-state index contributed by atoms with van der Waals surface area (Å²) in [4.78, 5) is 25.9. The highest BCUT2D eigenvalue weighted by Gasteiger charge is 2.48. The summed E-state index contributed by atoms with van der Waals surface area (Å²) in [7, 11) is 0. The Morgan fingerprint density at radius 1 is 1.21 bits per heavy atom. The summed E-state index contributed by atoms with van der Waals surface area (Å²) in [6.07, 6.45) is 2.89. The van der Waals surface area contributed by atoms with Gasteiger partial charge in [0.25, 0.3) is 0 Å². The molecule has 1 aromatic carbocycles. The second kappa shape index (κ2) is 7.62. The van der Waals surface area contributed by atoms with E-state index in [1.165, 1.54) is 0 Å². The molecular weight excluding hydrogens is 360 g/mol. The number of rotatable bonds is 4. The van der Waals surface area contributed by atoms with Gasteiger partial charge in [-0.3, -0.25) is 4.79 Å². The number of fused-ring (bicyclic) bond motifs is 1. The van der Waals surface area contributed by atoms with E-state index in [0.29, 0.717) is 24.9 Å². The van der Waals surface area contributed by atoms with E-state index in [9.17, 15) is 14.7 Å². The number of amides is 2. The highest BCUT2D eigenvalue weighted by atomic mass is 16.5. The normalized spacial score (nSPS) is 27.8. The highest BCUT2D eigenvalue weighted by Crippen LogP contribution is 2.49. The monoisotopic (exact) mass is 388 g/mol. The van der Waals surface area contributed by atoms with Crippen LogP contribution in [0.15, 0.2) is 18.2 Å². The van der Waals surface area contributed by atoms with Gasteiger partial charge < -0.3 is 24.8 Å². The molecule has 0 spiro atoms. The lowest BCUT2D eigenvalue weighted by molar-refractivity contribution is -0.117. The van der Waals surface area contributed by atoms with Crippen molar-refractivity contribution in [2.75, 3.05) is 18.1 Å². The molecule has 0 aromatic heterocycles. The summed E-state index contributed by atoms with van der Waals surface area (Å²) in [5.74, 6) is 1.13. The van der Waals surface area contributed by atoms with E-state index in [1.54, 1.807) is 6.92 Å². The molecule has 152 valence electrons. The van der Waals surface area contributed by atoms with Crippen LogP contribution in [-0.2, 0) is 9.53 Å². The maximum absolute atomic E-state index is 12.5. The fourth-order valence-corrected chi connectivity index (χ4v) is 4.74. The predicted octanol–water partition coefficient (Wildman–Crippen LogP) is 3.33. The minimum Gasteiger partial charge on any atom is -0.490 e. The summed E-state index contributed by atoms with van der Waals surface area (Å²) < 4.78 is 11.5. The summed E-state index contributed by atoms with van der Waals surface area (Å²) in [5.41, 5.74) is 1.60. The number of benzene rings is 1. The van der Waals surface area contributed by atoms with Crippen molar-refractivity contribution < 1.29 is 24.2 Å². The Balaban J connectivity index is 1.70. The van der Waals surface area contributed by atoms with Gasteiger partial charge >= 0.3 is 6.09 Å². The van der Waals surface area contributed by atoms with Gasteiger partial charge in [0.2, 0.25) is 5.91 Å². The molecule has 2 aliphatic heterocycles. The molecule has 0 radical (unpaired) electrons. The van der Waals surface area contributed by atoms with Crippen LogP contribution in [0.2, 0.25) is 0 Å². The molecule has 2 amide bonds. The molecule has 2 N–H and O–H groups in total. The fraction of sp³-hybridized carbons (Fsp3) is 0.619. The van der Waals surface area contributed by atoms with Crippen molar-refractivity contribution in [3.8, 4) is 5.75 Å². The molecule has 1 aliphatic carbocycles. The molecule has 1 saturated carbocycles. The zero-order valence-corrected chi connectivity index (χ0v) is 16.4. The maximum atomic E-state index is 12.5. The van der Waals surface area contributed by atoms with Crippen molar-refractivity contribution in [3.63, 3.8) is 0 Å². The number of carbonyl (C=O) groups is 2. The molecule has 7 heteroatoms. The Hall–Kier alpha value is -2.28. The van der Waals surface area contributed by atoms with E-state index in [1.807, 2.05) is 30.0 Å². The molecule has 2 fully saturated rings. The van der Waals surface area contributed by atoms with E-state index < -0.39 is 6.09 Å². The third-order valence-corrected chi connectivity index (χ3v) is 6.15. The molecule has 1 saturated heterocycles. The zero-order valence-electron chi connectivity index (χ0n) is 16.4. The molecular formula is C21H28N2O5. The van der Waals surface area contributed by atoms with Gasteiger partial charge in [0.1, 0.15) is 11.9 Å². The molecule has 1 aromatic rings. The van der Waals surface area contributed by atoms with E-state index in [2.05, 4.69) is 5.32 Å². The van der Waals surface area contributed by atoms with Gasteiger partial charge in [-0.05, 0) is 37.0 Å². The molecule has 4 rings (SSSR count). The van der Waals surface area contributed by atoms with Crippen molar-refractivity contribution >= 4 is 17.7 Å². The van der Waals surface area contributed by atoms with Crippen LogP contribution < -0.4 is 15.0 Å². The quantitative estimate of drug-likeness (QED) is 0.826. The molecule has 28 heavy (non-hydrogen) atoms. The Bertz CT molecular complexity index is 757. The average molecular weight is 388 g/mol. The van der Waals surface area contributed by atoms with Gasteiger partial charge in [0, 0.05) is 43.0 Å². The number of carbonyl (C=O) groups excluding carboxylic acids is 1. The Labute approximate surface area is 165 Å². The molecule has 7 nitrogen and oxygen atoms in total. The second-order valence-electron chi connectivity index (χ2n) is 8.15. The van der Waals surface area contributed by atoms with E-state index >= 15 is 0 Å². The van der Waals surface area contributed by atoms with Gasteiger partial charge in [-0.25, -0.2) is 4.79 Å². The van der Waals surface area contributed by atoms with Crippen LogP contribution in [-0.4, -0.2) is 42.5 Å². The van der Waals surface area contributed by atoms with Gasteiger partial charge in [-0.15, -0.1) is 0 Å². The minimum atomic E-state index is -1.05. The van der Waals surface area contributed by atoms with Gasteiger partial charge in [0.05, 0.1) is 19.3 Å². The lowest BCUT2D eigenvalue weighted by Crippen LogP contribution is -2.53. The third kappa shape index (κ3) is 3.68. The van der Waals surface area contributed by atoms with Crippen LogP contribution in [0.1, 0.15) is 51.1 Å². The smallest absolute Gasteiger partial charge is 0.405 e. The van der Waals surface area contributed by atoms with Gasteiger partial charge in [0.15, 0.2) is 0 Å². The van der Waals surface area contributed by atoms with Gasteiger partial charge in [-0.2, -0.15) is 0 Å². The summed E-state index contributed by atoms with van der Waals surface area (Å²) >= 11 is 0. The number of carboxylic acid groups (broad SMARTS) is 1. The minimum absolute atomic E-state index is 0.00290. The van der Waals surface area contributed by atoms with Crippen LogP contribution >= 0.6 is 0 Å². The SMILES string of the molecule is CC(=O)N1c2ccc(OC3CCOCC3)cc2[C@H](NC(=O)O)[C@@H](C)[C@@H]1C1CC1. The number of nitrogens with one attached hydrogen (secondary N) is 1. The van der Waals surface area contributed by atoms with Crippen LogP contribution in [0.4, 0.5) is 10.5 Å². The van der Waals surface area contributed by atoms with E-state index in [-0.39, 0.29) is 30.0 Å². The molecule has 0 unspecified atom stereocenters. The average Bonchev–Trinajstić information content (AvgIpc) is 3.49. The second-order valence-corrected chi connectivity index (χ2v) is 8.15. The van der Waals surface area contributed by atoms with Crippen LogP contribution in [0.5, 0.6) is 5.75 Å². The van der Waals surface area contributed by atoms with Crippen molar-refractivity contribution in [1.29, 1.82) is 0 Å². The summed E-state index contributed by atoms with van der Waals surface area (Å²) in [6, 6.07) is 5.35. The standard InChI is InChI=1S/C21H28N2O5/c1-12-19(22-21(25)26)17-11-16(28-15-7-9-27-10-8-15)5-6-18(17)23(13(2)24)20(12)14-3-4-14/h5-6,11-12,14-15,19-20,22H,3-4,7-10H2,1-2H3,(H,25,26)/t12-,19-,20-/m1/s1. The number of anilines is 1. The van der Waals surface area contributed by atoms with Crippen molar-refractivity contribution in [1.82, 2.24) is 5.32 Å². The maximum Gasteiger partial charge on any atom is 0.405 e. The Morgan fingerprint density at radius 3 is 2.54 bits per heavy atom. The summed E-state index contributed by atoms with van der Waals surface area (Å²) in [6.45, 7) is 5.01. The first-order chi connectivity index (χ1) is 13.5. The largest absolute Gasteiger partial charge is 0.490 e. The first kappa shape index (κ1) is 19.1. The van der Waals surface area contributed by atoms with Crippen molar-refractivity contribution in [2.45, 2.75) is 57.7 Å². The lowest BCUT2D eigenvalue weighted by atomic mass is 9.80. The zero-order chi connectivity index (χ0) is 19.8.